The summed E-state index contributed by atoms with van der Waals surface area (Å²) in [6.07, 6.45) is 0. The molecule has 0 saturated heterocycles. The van der Waals surface area contributed by atoms with Gasteiger partial charge in [0, 0.05) is 21.1 Å². The zero-order valence-electron chi connectivity index (χ0n) is 2.86. The Labute approximate surface area is 50.1 Å². The standard InChI is InChI=1S/6FH.W/h6*1H;. The second-order valence-electron chi connectivity index (χ2n) is 0. The molecule has 0 rings (SSSR count). The molecule has 0 radical (unpaired) electrons. The van der Waals surface area contributed by atoms with E-state index >= 15 is 0 Å². The molecule has 0 saturated carbocycles. The first-order valence-corrected chi connectivity index (χ1v) is 0. The summed E-state index contributed by atoms with van der Waals surface area (Å²) in [6.45, 7) is 0. The second kappa shape index (κ2) is 2420. The van der Waals surface area contributed by atoms with Crippen LogP contribution in [-0.2, 0) is 21.1 Å². The fourth-order valence-electron chi connectivity index (χ4n) is 0. The molecule has 0 amide bonds. The zero-order chi connectivity index (χ0) is 0. The summed E-state index contributed by atoms with van der Waals surface area (Å²) >= 11 is 0. The average Bonchev–Trinajstić information content (AvgIpc) is 0. The van der Waals surface area contributed by atoms with Crippen LogP contribution in [0.4, 0.5) is 28.2 Å². The Balaban J connectivity index is 0. The van der Waals surface area contributed by atoms with Crippen molar-refractivity contribution >= 4 is 0 Å². The smallest absolute Gasteiger partial charge is 0 e. The van der Waals surface area contributed by atoms with Crippen molar-refractivity contribution in [1.82, 2.24) is 0 Å². The van der Waals surface area contributed by atoms with E-state index in [1.54, 1.807) is 0 Å². The summed E-state index contributed by atoms with van der Waals surface area (Å²) in [5.41, 5.74) is 0. The Hall–Kier alpha value is 0.268. The van der Waals surface area contributed by atoms with Gasteiger partial charge in [0.05, 0.1) is 0 Å². The van der Waals surface area contributed by atoms with Crippen LogP contribution in [-0.4, -0.2) is 0 Å². The predicted molar refractivity (Wildman–Crippen MR) is 15.0 cm³/mol. The third-order valence-corrected chi connectivity index (χ3v) is 0. The molecular formula is H6F6W. The normalized spacial score (nSPS) is 0. The van der Waals surface area contributed by atoms with Gasteiger partial charge in [-0.2, -0.15) is 0 Å². The van der Waals surface area contributed by atoms with Crippen molar-refractivity contribution in [2.24, 2.45) is 0 Å². The van der Waals surface area contributed by atoms with Gasteiger partial charge in [-0.1, -0.05) is 0 Å². The second-order valence-corrected chi connectivity index (χ2v) is 0. The SMILES string of the molecule is F.F.F.F.F.F.[W]. The van der Waals surface area contributed by atoms with Crippen molar-refractivity contribution in [3.8, 4) is 0 Å². The van der Waals surface area contributed by atoms with E-state index in [0.717, 1.165) is 0 Å². The van der Waals surface area contributed by atoms with Crippen LogP contribution in [0.3, 0.4) is 0 Å². The molecule has 7 heteroatoms. The summed E-state index contributed by atoms with van der Waals surface area (Å²) < 4.78 is 0. The van der Waals surface area contributed by atoms with E-state index < -0.39 is 0 Å². The summed E-state index contributed by atoms with van der Waals surface area (Å²) in [5.74, 6) is 0. The summed E-state index contributed by atoms with van der Waals surface area (Å²) in [7, 11) is 0. The molecule has 0 aliphatic rings. The van der Waals surface area contributed by atoms with Gasteiger partial charge in [0.15, 0.2) is 0 Å². The molecule has 0 unspecified atom stereocenters. The number of rotatable bonds is 0. The monoisotopic (exact) mass is 304 g/mol. The molecule has 0 spiro atoms. The van der Waals surface area contributed by atoms with Crippen molar-refractivity contribution in [3.05, 3.63) is 0 Å². The molecule has 0 nitrogen and oxygen atoms in total. The Bertz CT molecular complexity index is 4.14. The van der Waals surface area contributed by atoms with Gasteiger partial charge >= 0.3 is 0 Å². The van der Waals surface area contributed by atoms with Crippen LogP contribution < -0.4 is 0 Å². The van der Waals surface area contributed by atoms with Crippen LogP contribution in [0.1, 0.15) is 0 Å². The third-order valence-electron chi connectivity index (χ3n) is 0. The van der Waals surface area contributed by atoms with Crippen molar-refractivity contribution in [3.63, 3.8) is 0 Å². The first-order valence-electron chi connectivity index (χ1n) is 0. The van der Waals surface area contributed by atoms with E-state index in [4.69, 9.17) is 0 Å². The van der Waals surface area contributed by atoms with Crippen molar-refractivity contribution in [2.45, 2.75) is 0 Å². The molecule has 7 heavy (non-hydrogen) atoms. The maximum Gasteiger partial charge on any atom is 0 e. The molecular weight excluding hydrogens is 298 g/mol. The molecule has 0 atom stereocenters. The van der Waals surface area contributed by atoms with E-state index in [-0.39, 0.29) is 49.3 Å². The zero-order valence-corrected chi connectivity index (χ0v) is 5.79. The quantitative estimate of drug-likeness (QED) is 0.584. The number of hydrogen-bond donors (Lipinski definition) is 0. The third kappa shape index (κ3) is 1590. The van der Waals surface area contributed by atoms with Gasteiger partial charge in [0.2, 0.25) is 0 Å². The van der Waals surface area contributed by atoms with Crippen molar-refractivity contribution in [2.75, 3.05) is 0 Å². The van der Waals surface area contributed by atoms with Gasteiger partial charge in [-0.3, -0.25) is 28.2 Å². The topological polar surface area (TPSA) is 0 Å². The summed E-state index contributed by atoms with van der Waals surface area (Å²) in [5, 5.41) is 0. The molecule has 0 aliphatic carbocycles. The molecule has 0 aromatic heterocycles. The fraction of sp³-hybridized carbons (Fsp3) is 0. The molecule has 0 N–H and O–H groups in total. The minimum absolute atomic E-state index is 0. The van der Waals surface area contributed by atoms with Crippen LogP contribution in [0.15, 0.2) is 0 Å². The van der Waals surface area contributed by atoms with Crippen molar-refractivity contribution < 1.29 is 49.3 Å². The van der Waals surface area contributed by atoms with Crippen LogP contribution in [0.5, 0.6) is 0 Å². The van der Waals surface area contributed by atoms with E-state index in [9.17, 15) is 0 Å². The minimum Gasteiger partial charge on any atom is -0.269 e. The van der Waals surface area contributed by atoms with E-state index in [1.165, 1.54) is 0 Å². The fourth-order valence-corrected chi connectivity index (χ4v) is 0. The van der Waals surface area contributed by atoms with Gasteiger partial charge in [-0.25, -0.2) is 0 Å². The first kappa shape index (κ1) is 3970. The minimum atomic E-state index is 0. The van der Waals surface area contributed by atoms with Gasteiger partial charge < -0.3 is 0 Å². The number of hydrogen-bond acceptors (Lipinski definition) is 0. The Morgan fingerprint density at radius 3 is 0.286 bits per heavy atom. The molecule has 0 fully saturated rings. The Morgan fingerprint density at radius 2 is 0.286 bits per heavy atom. The molecule has 0 heterocycles. The van der Waals surface area contributed by atoms with Crippen LogP contribution >= 0.6 is 0 Å². The largest absolute Gasteiger partial charge is 0.269 e. The maximum atomic E-state index is 0. The Morgan fingerprint density at radius 1 is 0.286 bits per heavy atom. The van der Waals surface area contributed by atoms with Gasteiger partial charge in [0.1, 0.15) is 0 Å². The molecule has 0 bridgehead atoms. The van der Waals surface area contributed by atoms with Crippen LogP contribution in [0.2, 0.25) is 0 Å². The Kier molecular flexibility index (Phi) is 1370000. The average molecular weight is 304 g/mol. The van der Waals surface area contributed by atoms with Crippen LogP contribution in [0, 0.1) is 0 Å². The van der Waals surface area contributed by atoms with Crippen LogP contribution in [0.25, 0.3) is 0 Å². The first-order chi connectivity index (χ1) is 0. The van der Waals surface area contributed by atoms with E-state index in [0.29, 0.717) is 0 Å². The molecule has 0 aliphatic heterocycles. The van der Waals surface area contributed by atoms with Gasteiger partial charge in [-0.05, 0) is 0 Å². The van der Waals surface area contributed by atoms with E-state index in [1.807, 2.05) is 0 Å². The molecule has 0 aromatic carbocycles. The molecule has 54 valence electrons. The number of halogens is 6. The van der Waals surface area contributed by atoms with Crippen molar-refractivity contribution in [1.29, 1.82) is 0 Å². The summed E-state index contributed by atoms with van der Waals surface area (Å²) in [6, 6.07) is 0. The van der Waals surface area contributed by atoms with Gasteiger partial charge in [-0.15, -0.1) is 0 Å². The van der Waals surface area contributed by atoms with E-state index in [2.05, 4.69) is 0 Å². The summed E-state index contributed by atoms with van der Waals surface area (Å²) in [4.78, 5) is 0. The van der Waals surface area contributed by atoms with Gasteiger partial charge in [0.25, 0.3) is 0 Å². The molecule has 0 aromatic rings. The predicted octanol–water partition coefficient (Wildman–Crippen LogP) is 0.912. The maximum absolute atomic E-state index is 0.